The van der Waals surface area contributed by atoms with Crippen molar-refractivity contribution in [2.75, 3.05) is 11.8 Å². The van der Waals surface area contributed by atoms with Crippen molar-refractivity contribution in [2.45, 2.75) is 0 Å². The van der Waals surface area contributed by atoms with Gasteiger partial charge < -0.3 is 4.74 Å². The summed E-state index contributed by atoms with van der Waals surface area (Å²) in [4.78, 5) is 12.3. The van der Waals surface area contributed by atoms with Crippen molar-refractivity contribution in [2.24, 2.45) is 4.99 Å². The van der Waals surface area contributed by atoms with E-state index in [0.29, 0.717) is 0 Å². The van der Waals surface area contributed by atoms with Gasteiger partial charge in [0.25, 0.3) is 6.26 Å². The summed E-state index contributed by atoms with van der Waals surface area (Å²) in [5.74, 6) is -1.45. The molecule has 0 aromatic rings. The van der Waals surface area contributed by atoms with Crippen LogP contribution in [0.25, 0.3) is 0 Å². The maximum Gasteiger partial charge on any atom is 0.287 e. The maximum absolute atomic E-state index is 10.6. The number of hydrogen-bond acceptors (Lipinski definition) is 6. The maximum atomic E-state index is 10.6. The number of sulfone groups is 1. The SMILES string of the molecule is N#COCS(=O)(=O)CN=C=O. The zero-order valence-electron chi connectivity index (χ0n) is 5.35. The lowest BCUT2D eigenvalue weighted by Gasteiger charge is -1.93. The third kappa shape index (κ3) is 5.08. The molecule has 0 saturated heterocycles. The molecule has 0 radical (unpaired) electrons. The second-order valence-electron chi connectivity index (χ2n) is 1.48. The Morgan fingerprint density at radius 2 is 2.18 bits per heavy atom. The summed E-state index contributed by atoms with van der Waals surface area (Å²) < 4.78 is 25.1. The van der Waals surface area contributed by atoms with Crippen LogP contribution < -0.4 is 0 Å². The van der Waals surface area contributed by atoms with Crippen molar-refractivity contribution in [3.05, 3.63) is 0 Å². The molecule has 0 aliphatic heterocycles. The Morgan fingerprint density at radius 3 is 2.64 bits per heavy atom. The largest absolute Gasteiger partial charge is 0.411 e. The van der Waals surface area contributed by atoms with Gasteiger partial charge in [-0.2, -0.15) is 10.3 Å². The number of carbonyl (C=O) groups excluding carboxylic acids is 1. The van der Waals surface area contributed by atoms with Gasteiger partial charge in [-0.15, -0.1) is 0 Å². The fourth-order valence-electron chi connectivity index (χ4n) is 0.278. The molecule has 0 aliphatic rings. The van der Waals surface area contributed by atoms with E-state index in [1.807, 2.05) is 0 Å². The van der Waals surface area contributed by atoms with Crippen molar-refractivity contribution in [1.82, 2.24) is 0 Å². The normalized spacial score (nSPS) is 9.36. The molecule has 0 fully saturated rings. The average Bonchev–Trinajstić information content (AvgIpc) is 1.97. The molecular formula is C4H4N2O4S. The van der Waals surface area contributed by atoms with Crippen LogP contribution in [0, 0.1) is 11.5 Å². The monoisotopic (exact) mass is 176 g/mol. The van der Waals surface area contributed by atoms with Crippen LogP contribution in [-0.4, -0.2) is 26.3 Å². The first-order chi connectivity index (χ1) is 5.12. The molecule has 6 nitrogen and oxygen atoms in total. The summed E-state index contributed by atoms with van der Waals surface area (Å²) >= 11 is 0. The van der Waals surface area contributed by atoms with E-state index in [1.54, 1.807) is 0 Å². The zero-order valence-corrected chi connectivity index (χ0v) is 6.17. The Balaban J connectivity index is 4.04. The van der Waals surface area contributed by atoms with Gasteiger partial charge in [0.2, 0.25) is 21.9 Å². The van der Waals surface area contributed by atoms with Gasteiger partial charge in [0, 0.05) is 0 Å². The fraction of sp³-hybridized carbons (Fsp3) is 0.500. The predicted octanol–water partition coefficient (Wildman–Crippen LogP) is -0.850. The van der Waals surface area contributed by atoms with Crippen molar-refractivity contribution in [3.63, 3.8) is 0 Å². The molecule has 0 amide bonds. The van der Waals surface area contributed by atoms with Crippen LogP contribution in [0.3, 0.4) is 0 Å². The van der Waals surface area contributed by atoms with Gasteiger partial charge in [0.1, 0.15) is 0 Å². The van der Waals surface area contributed by atoms with Gasteiger partial charge >= 0.3 is 0 Å². The summed E-state index contributed by atoms with van der Waals surface area (Å²) in [5.41, 5.74) is 0. The van der Waals surface area contributed by atoms with Crippen molar-refractivity contribution >= 4 is 15.9 Å². The highest BCUT2D eigenvalue weighted by Gasteiger charge is 2.09. The molecule has 0 saturated carbocycles. The Morgan fingerprint density at radius 1 is 1.55 bits per heavy atom. The second-order valence-corrected chi connectivity index (χ2v) is 3.46. The van der Waals surface area contributed by atoms with E-state index in [2.05, 4.69) is 9.73 Å². The number of hydrogen-bond donors (Lipinski definition) is 0. The van der Waals surface area contributed by atoms with E-state index in [9.17, 15) is 13.2 Å². The summed E-state index contributed by atoms with van der Waals surface area (Å²) in [6.45, 7) is 0. The second kappa shape index (κ2) is 4.44. The van der Waals surface area contributed by atoms with E-state index >= 15 is 0 Å². The summed E-state index contributed by atoms with van der Waals surface area (Å²) in [6, 6.07) is 0. The van der Waals surface area contributed by atoms with Gasteiger partial charge in [-0.1, -0.05) is 0 Å². The van der Waals surface area contributed by atoms with Crippen LogP contribution in [0.2, 0.25) is 0 Å². The molecule has 0 unspecified atom stereocenters. The number of aliphatic imine (C=N–C) groups is 1. The molecule has 0 spiro atoms. The zero-order chi connectivity index (χ0) is 8.74. The highest BCUT2D eigenvalue weighted by Crippen LogP contribution is 1.90. The van der Waals surface area contributed by atoms with E-state index in [4.69, 9.17) is 5.26 Å². The summed E-state index contributed by atoms with van der Waals surface area (Å²) in [6.07, 6.45) is 2.24. The topological polar surface area (TPSA) is 96.6 Å². The standard InChI is InChI=1S/C4H4N2O4S/c5-1-10-4-11(8,9)3-6-2-7/h3-4H2. The summed E-state index contributed by atoms with van der Waals surface area (Å²) in [7, 11) is -3.58. The lowest BCUT2D eigenvalue weighted by Crippen LogP contribution is -2.10. The number of isocyanates is 1. The Bertz CT molecular complexity index is 295. The molecule has 60 valence electrons. The first kappa shape index (κ1) is 9.62. The van der Waals surface area contributed by atoms with E-state index in [0.717, 1.165) is 6.08 Å². The van der Waals surface area contributed by atoms with Gasteiger partial charge in [0.15, 0.2) is 5.88 Å². The molecule has 0 heterocycles. The molecule has 0 N–H and O–H groups in total. The van der Waals surface area contributed by atoms with E-state index < -0.39 is 21.7 Å². The predicted molar refractivity (Wildman–Crippen MR) is 33.5 cm³/mol. The molecule has 0 rings (SSSR count). The number of nitriles is 1. The quantitative estimate of drug-likeness (QED) is 0.315. The van der Waals surface area contributed by atoms with Crippen LogP contribution in [0.1, 0.15) is 0 Å². The highest BCUT2D eigenvalue weighted by atomic mass is 32.2. The fourth-order valence-corrected chi connectivity index (χ4v) is 0.834. The Labute approximate surface area is 63.0 Å². The third-order valence-electron chi connectivity index (χ3n) is 0.629. The molecule has 0 aromatic carbocycles. The molecule has 7 heteroatoms. The molecule has 0 aliphatic carbocycles. The van der Waals surface area contributed by atoms with Gasteiger partial charge in [-0.05, 0) is 0 Å². The van der Waals surface area contributed by atoms with Crippen molar-refractivity contribution < 1.29 is 17.9 Å². The number of ether oxygens (including phenoxy) is 1. The Kier molecular flexibility index (Phi) is 3.88. The lowest BCUT2D eigenvalue weighted by molar-refractivity contribution is 0.328. The van der Waals surface area contributed by atoms with Crippen molar-refractivity contribution in [1.29, 1.82) is 5.26 Å². The van der Waals surface area contributed by atoms with Crippen LogP contribution in [0.15, 0.2) is 4.99 Å². The summed E-state index contributed by atoms with van der Waals surface area (Å²) in [5, 5.41) is 7.81. The minimum Gasteiger partial charge on any atom is -0.411 e. The average molecular weight is 176 g/mol. The van der Waals surface area contributed by atoms with Crippen LogP contribution in [0.5, 0.6) is 0 Å². The van der Waals surface area contributed by atoms with Gasteiger partial charge in [0.05, 0.1) is 0 Å². The number of rotatable bonds is 4. The first-order valence-electron chi connectivity index (χ1n) is 2.37. The van der Waals surface area contributed by atoms with Crippen molar-refractivity contribution in [3.8, 4) is 6.26 Å². The van der Waals surface area contributed by atoms with Crippen LogP contribution in [-0.2, 0) is 19.4 Å². The van der Waals surface area contributed by atoms with Gasteiger partial charge in [-0.25, -0.2) is 13.2 Å². The third-order valence-corrected chi connectivity index (χ3v) is 1.63. The lowest BCUT2D eigenvalue weighted by atomic mass is 11.4. The smallest absolute Gasteiger partial charge is 0.287 e. The van der Waals surface area contributed by atoms with E-state index in [1.165, 1.54) is 6.26 Å². The molecule has 0 bridgehead atoms. The van der Waals surface area contributed by atoms with Crippen LogP contribution in [0.4, 0.5) is 0 Å². The van der Waals surface area contributed by atoms with E-state index in [-0.39, 0.29) is 0 Å². The Hall–Kier alpha value is -1.38. The molecular weight excluding hydrogens is 172 g/mol. The van der Waals surface area contributed by atoms with Gasteiger partial charge in [-0.3, -0.25) is 0 Å². The van der Waals surface area contributed by atoms with Crippen LogP contribution >= 0.6 is 0 Å². The number of nitrogens with zero attached hydrogens (tertiary/aromatic N) is 2. The minimum absolute atomic E-state index is 0.696. The highest BCUT2D eigenvalue weighted by molar-refractivity contribution is 7.91. The molecule has 0 aromatic heterocycles. The first-order valence-corrected chi connectivity index (χ1v) is 4.19. The molecule has 11 heavy (non-hydrogen) atoms. The minimum atomic E-state index is -3.58. The molecule has 0 atom stereocenters.